The van der Waals surface area contributed by atoms with Crippen LogP contribution in [0.2, 0.25) is 0 Å². The molecule has 2 saturated heterocycles. The first-order valence-electron chi connectivity index (χ1n) is 9.89. The van der Waals surface area contributed by atoms with Crippen LogP contribution in [0.15, 0.2) is 18.2 Å². The molecule has 4 rings (SSSR count). The lowest BCUT2D eigenvalue weighted by molar-refractivity contribution is -0.183. The van der Waals surface area contributed by atoms with Gasteiger partial charge in [0, 0.05) is 38.2 Å². The lowest BCUT2D eigenvalue weighted by Crippen LogP contribution is -2.38. The van der Waals surface area contributed by atoms with E-state index in [9.17, 15) is 0 Å². The predicted octanol–water partition coefficient (Wildman–Crippen LogP) is 3.06. The second-order valence-electron chi connectivity index (χ2n) is 8.01. The molecular weight excluding hydrogens is 314 g/mol. The van der Waals surface area contributed by atoms with Crippen molar-refractivity contribution in [3.8, 4) is 0 Å². The molecule has 1 aromatic heterocycles. The van der Waals surface area contributed by atoms with Crippen LogP contribution < -0.4 is 5.32 Å². The Bertz CT molecular complexity index is 564. The van der Waals surface area contributed by atoms with Gasteiger partial charge >= 0.3 is 0 Å². The van der Waals surface area contributed by atoms with E-state index in [-0.39, 0.29) is 5.79 Å². The second kappa shape index (κ2) is 7.60. The van der Waals surface area contributed by atoms with Gasteiger partial charge in [-0.25, -0.2) is 4.98 Å². The molecule has 0 amide bonds. The van der Waals surface area contributed by atoms with Crippen molar-refractivity contribution < 1.29 is 9.47 Å². The fraction of sp³-hybridized carbons (Fsp3) is 0.750. The van der Waals surface area contributed by atoms with Gasteiger partial charge in [-0.15, -0.1) is 0 Å². The van der Waals surface area contributed by atoms with E-state index in [0.29, 0.717) is 0 Å². The van der Waals surface area contributed by atoms with Gasteiger partial charge in [0.2, 0.25) is 0 Å². The first-order valence-corrected chi connectivity index (χ1v) is 9.89. The number of aromatic nitrogens is 1. The van der Waals surface area contributed by atoms with Crippen molar-refractivity contribution in [3.63, 3.8) is 0 Å². The molecule has 1 N–H and O–H groups in total. The molecule has 138 valence electrons. The quantitative estimate of drug-likeness (QED) is 0.889. The molecule has 1 saturated carbocycles. The van der Waals surface area contributed by atoms with Crippen molar-refractivity contribution >= 4 is 5.82 Å². The van der Waals surface area contributed by atoms with Crippen LogP contribution in [0.3, 0.4) is 0 Å². The van der Waals surface area contributed by atoms with Crippen LogP contribution in [0.1, 0.15) is 37.8 Å². The van der Waals surface area contributed by atoms with Crippen LogP contribution in [0, 0.1) is 18.8 Å². The third-order valence-electron chi connectivity index (χ3n) is 6.03. The smallest absolute Gasteiger partial charge is 0.168 e. The minimum Gasteiger partial charge on any atom is -0.370 e. The van der Waals surface area contributed by atoms with Gasteiger partial charge in [0.25, 0.3) is 0 Å². The van der Waals surface area contributed by atoms with E-state index in [1.54, 1.807) is 0 Å². The predicted molar refractivity (Wildman–Crippen MR) is 98.6 cm³/mol. The summed E-state index contributed by atoms with van der Waals surface area (Å²) in [4.78, 5) is 7.19. The number of anilines is 1. The maximum atomic E-state index is 5.85. The molecule has 3 aliphatic rings. The summed E-state index contributed by atoms with van der Waals surface area (Å²) in [7, 11) is 0. The normalized spacial score (nSPS) is 27.2. The summed E-state index contributed by atoms with van der Waals surface area (Å²) in [6.45, 7) is 8.33. The molecule has 1 spiro atoms. The highest BCUT2D eigenvalue weighted by Gasteiger charge is 2.40. The molecule has 5 heteroatoms. The van der Waals surface area contributed by atoms with Crippen LogP contribution in [-0.4, -0.2) is 55.1 Å². The largest absolute Gasteiger partial charge is 0.370 e. The summed E-state index contributed by atoms with van der Waals surface area (Å²) in [6, 6.07) is 6.17. The Balaban J connectivity index is 1.18. The molecule has 0 bridgehead atoms. The van der Waals surface area contributed by atoms with E-state index in [2.05, 4.69) is 27.3 Å². The Kier molecular flexibility index (Phi) is 5.25. The van der Waals surface area contributed by atoms with Gasteiger partial charge in [0.05, 0.1) is 13.2 Å². The number of nitrogens with zero attached hydrogens (tertiary/aromatic N) is 2. The van der Waals surface area contributed by atoms with E-state index >= 15 is 0 Å². The van der Waals surface area contributed by atoms with Gasteiger partial charge in [-0.3, -0.25) is 0 Å². The molecule has 5 nitrogen and oxygen atoms in total. The molecule has 1 aromatic rings. The number of nitrogens with one attached hydrogen (secondary N) is 1. The van der Waals surface area contributed by atoms with Crippen molar-refractivity contribution in [3.05, 3.63) is 23.9 Å². The maximum Gasteiger partial charge on any atom is 0.168 e. The Morgan fingerprint density at radius 1 is 1.16 bits per heavy atom. The number of pyridine rings is 1. The molecule has 1 atom stereocenters. The van der Waals surface area contributed by atoms with E-state index < -0.39 is 0 Å². The van der Waals surface area contributed by atoms with E-state index in [0.717, 1.165) is 55.9 Å². The zero-order valence-corrected chi connectivity index (χ0v) is 15.4. The highest BCUT2D eigenvalue weighted by molar-refractivity contribution is 5.35. The van der Waals surface area contributed by atoms with E-state index in [4.69, 9.17) is 9.47 Å². The fourth-order valence-electron chi connectivity index (χ4n) is 4.59. The number of aryl methyl sites for hydroxylation is 1. The Hall–Kier alpha value is -1.17. The fourth-order valence-corrected chi connectivity index (χ4v) is 4.59. The molecular formula is C20H31N3O2. The number of likely N-dealkylation sites (tertiary alicyclic amines) is 1. The zero-order chi connectivity index (χ0) is 17.1. The number of rotatable bonds is 5. The Morgan fingerprint density at radius 3 is 2.72 bits per heavy atom. The second-order valence-corrected chi connectivity index (χ2v) is 8.01. The molecule has 0 unspecified atom stereocenters. The average molecular weight is 345 g/mol. The van der Waals surface area contributed by atoms with E-state index in [1.807, 2.05) is 13.0 Å². The molecule has 3 fully saturated rings. The van der Waals surface area contributed by atoms with Gasteiger partial charge in [-0.1, -0.05) is 6.07 Å². The van der Waals surface area contributed by atoms with Crippen molar-refractivity contribution in [2.75, 3.05) is 44.7 Å². The summed E-state index contributed by atoms with van der Waals surface area (Å²) in [6.07, 6.45) is 5.94. The molecule has 0 aromatic carbocycles. The Morgan fingerprint density at radius 2 is 1.96 bits per heavy atom. The SMILES string of the molecule is Cc1cccc(NC[C@H]2CCN(CC3CCC4(CC3)OCCO4)C2)n1. The lowest BCUT2D eigenvalue weighted by Gasteiger charge is -2.36. The summed E-state index contributed by atoms with van der Waals surface area (Å²) in [5, 5.41) is 3.51. The molecule has 0 radical (unpaired) electrons. The van der Waals surface area contributed by atoms with Gasteiger partial charge in [0.15, 0.2) is 5.79 Å². The average Bonchev–Trinajstić information content (AvgIpc) is 3.25. The van der Waals surface area contributed by atoms with Crippen LogP contribution in [-0.2, 0) is 9.47 Å². The first-order chi connectivity index (χ1) is 12.2. The summed E-state index contributed by atoms with van der Waals surface area (Å²) >= 11 is 0. The number of hydrogen-bond donors (Lipinski definition) is 1. The summed E-state index contributed by atoms with van der Waals surface area (Å²) in [5.41, 5.74) is 1.07. The number of ether oxygens (including phenoxy) is 2. The van der Waals surface area contributed by atoms with Crippen molar-refractivity contribution in [1.29, 1.82) is 0 Å². The van der Waals surface area contributed by atoms with Crippen molar-refractivity contribution in [1.82, 2.24) is 9.88 Å². The van der Waals surface area contributed by atoms with Crippen LogP contribution in [0.25, 0.3) is 0 Å². The zero-order valence-electron chi connectivity index (χ0n) is 15.4. The van der Waals surface area contributed by atoms with Crippen LogP contribution >= 0.6 is 0 Å². The van der Waals surface area contributed by atoms with Crippen molar-refractivity contribution in [2.45, 2.75) is 44.8 Å². The third kappa shape index (κ3) is 4.33. The highest BCUT2D eigenvalue weighted by Crippen LogP contribution is 2.38. The monoisotopic (exact) mass is 345 g/mol. The van der Waals surface area contributed by atoms with Crippen LogP contribution in [0.5, 0.6) is 0 Å². The summed E-state index contributed by atoms with van der Waals surface area (Å²) in [5.74, 6) is 2.34. The topological polar surface area (TPSA) is 46.6 Å². The number of hydrogen-bond acceptors (Lipinski definition) is 5. The summed E-state index contributed by atoms with van der Waals surface area (Å²) < 4.78 is 11.7. The van der Waals surface area contributed by atoms with Gasteiger partial charge in [-0.05, 0) is 56.7 Å². The third-order valence-corrected chi connectivity index (χ3v) is 6.03. The van der Waals surface area contributed by atoms with Gasteiger partial charge < -0.3 is 19.7 Å². The first kappa shape index (κ1) is 17.3. The standard InChI is InChI=1S/C20H31N3O2/c1-16-3-2-4-19(22-16)21-13-18-7-10-23(15-18)14-17-5-8-20(9-6-17)24-11-12-25-20/h2-4,17-18H,5-15H2,1H3,(H,21,22)/t18-/m1/s1. The molecule has 3 heterocycles. The molecule has 1 aliphatic carbocycles. The molecule has 2 aliphatic heterocycles. The Labute approximate surface area is 151 Å². The minimum absolute atomic E-state index is 0.214. The molecule has 25 heavy (non-hydrogen) atoms. The van der Waals surface area contributed by atoms with Crippen molar-refractivity contribution in [2.24, 2.45) is 11.8 Å². The van der Waals surface area contributed by atoms with Crippen LogP contribution in [0.4, 0.5) is 5.82 Å². The highest BCUT2D eigenvalue weighted by atomic mass is 16.7. The lowest BCUT2D eigenvalue weighted by atomic mass is 9.85. The maximum absolute atomic E-state index is 5.85. The van der Waals surface area contributed by atoms with Gasteiger partial charge in [-0.2, -0.15) is 0 Å². The minimum atomic E-state index is -0.214. The van der Waals surface area contributed by atoms with Gasteiger partial charge in [0.1, 0.15) is 5.82 Å². The van der Waals surface area contributed by atoms with E-state index in [1.165, 1.54) is 38.9 Å².